The Kier molecular flexibility index (Phi) is 9.43. The van der Waals surface area contributed by atoms with Crippen molar-refractivity contribution < 1.29 is 79.4 Å². The SMILES string of the molecule is C=C(CO)C(=O)OCC1CCN(S(=O)(=O)C(F)(F)C(F)(F)C(F)(F)S(=O)(=O)NS(=O)(=O)C(F)(F)F)CC1. The molecule has 0 aliphatic carbocycles. The number of carbonyl (C=O) groups excluding carboxylic acids is 1. The molecule has 11 nitrogen and oxygen atoms in total. The minimum Gasteiger partial charge on any atom is -0.462 e. The lowest BCUT2D eigenvalue weighted by molar-refractivity contribution is -0.245. The van der Waals surface area contributed by atoms with Crippen LogP contribution in [0.1, 0.15) is 12.8 Å². The quantitative estimate of drug-likeness (QED) is 0.191. The van der Waals surface area contributed by atoms with Crippen molar-refractivity contribution in [2.24, 2.45) is 5.92 Å². The molecule has 23 heteroatoms. The van der Waals surface area contributed by atoms with Gasteiger partial charge in [0.2, 0.25) is 0 Å². The van der Waals surface area contributed by atoms with Crippen molar-refractivity contribution in [1.82, 2.24) is 8.43 Å². The number of alkyl halides is 9. The maximum atomic E-state index is 14.3. The van der Waals surface area contributed by atoms with E-state index in [1.807, 2.05) is 0 Å². The van der Waals surface area contributed by atoms with Crippen LogP contribution in [0.25, 0.3) is 0 Å². The number of piperidine rings is 1. The molecular weight excluding hydrogens is 607 g/mol. The molecule has 0 spiro atoms. The van der Waals surface area contributed by atoms with Crippen LogP contribution in [0.15, 0.2) is 12.2 Å². The van der Waals surface area contributed by atoms with Gasteiger partial charge in [-0.2, -0.15) is 43.8 Å². The lowest BCUT2D eigenvalue weighted by Crippen LogP contribution is -2.65. The molecular formula is C14H17F9N2O9S3. The van der Waals surface area contributed by atoms with Crippen molar-refractivity contribution in [3.63, 3.8) is 0 Å². The highest BCUT2D eigenvalue weighted by molar-refractivity contribution is 8.05. The van der Waals surface area contributed by atoms with Crippen LogP contribution in [0.4, 0.5) is 39.5 Å². The van der Waals surface area contributed by atoms with Crippen LogP contribution in [-0.4, -0.2) is 88.9 Å². The number of carbonyl (C=O) groups is 1. The van der Waals surface area contributed by atoms with Crippen molar-refractivity contribution >= 4 is 36.0 Å². The third-order valence-corrected chi connectivity index (χ3v) is 10.0. The highest BCUT2D eigenvalue weighted by atomic mass is 32.3. The third-order valence-electron chi connectivity index (χ3n) is 4.76. The zero-order chi connectivity index (χ0) is 29.5. The molecule has 37 heavy (non-hydrogen) atoms. The summed E-state index contributed by atoms with van der Waals surface area (Å²) in [4.78, 5) is 11.4. The van der Waals surface area contributed by atoms with E-state index in [1.165, 1.54) is 0 Å². The van der Waals surface area contributed by atoms with Gasteiger partial charge in [0, 0.05) is 13.1 Å². The lowest BCUT2D eigenvalue weighted by Gasteiger charge is -2.37. The van der Waals surface area contributed by atoms with Crippen molar-refractivity contribution in [3.05, 3.63) is 12.2 Å². The molecule has 0 aromatic carbocycles. The molecule has 0 saturated carbocycles. The van der Waals surface area contributed by atoms with Gasteiger partial charge in [-0.1, -0.05) is 10.7 Å². The summed E-state index contributed by atoms with van der Waals surface area (Å²) < 4.78 is 193. The smallest absolute Gasteiger partial charge is 0.462 e. The molecule has 2 N–H and O–H groups in total. The molecule has 0 aromatic heterocycles. The van der Waals surface area contributed by atoms with Crippen LogP contribution < -0.4 is 4.13 Å². The summed E-state index contributed by atoms with van der Waals surface area (Å²) in [5.41, 5.74) is -7.04. The first-order chi connectivity index (χ1) is 16.3. The number of aliphatic hydroxyl groups excluding tert-OH is 1. The van der Waals surface area contributed by atoms with Gasteiger partial charge in [0.25, 0.3) is 20.0 Å². The first-order valence-corrected chi connectivity index (χ1v) is 13.6. The van der Waals surface area contributed by atoms with Crippen LogP contribution in [0, 0.1) is 5.92 Å². The molecule has 0 unspecified atom stereocenters. The number of nitrogens with zero attached hydrogens (tertiary/aromatic N) is 1. The van der Waals surface area contributed by atoms with Gasteiger partial charge in [-0.05, 0) is 18.8 Å². The van der Waals surface area contributed by atoms with E-state index in [1.54, 1.807) is 0 Å². The molecule has 1 aliphatic heterocycles. The Balaban J connectivity index is 3.17. The summed E-state index contributed by atoms with van der Waals surface area (Å²) in [6.45, 7) is -0.242. The molecule has 0 amide bonds. The molecule has 218 valence electrons. The second-order valence-electron chi connectivity index (χ2n) is 7.35. The molecule has 0 aromatic rings. The summed E-state index contributed by atoms with van der Waals surface area (Å²) in [5, 5.41) is -5.67. The number of esters is 1. The van der Waals surface area contributed by atoms with E-state index in [0.29, 0.717) is 0 Å². The standard InChI is InChI=1S/C14H17F9N2O9S3/c1-8(6-26)10(27)34-7-9-2-4-25(5-3-9)37(32,33)13(19,20)11(15,16)12(17,18)35(28,29)24-36(30,31)14(21,22)23/h9,24,26H,1-7H2. The van der Waals surface area contributed by atoms with Gasteiger partial charge in [-0.15, -0.1) is 0 Å². The maximum absolute atomic E-state index is 14.3. The summed E-state index contributed by atoms with van der Waals surface area (Å²) >= 11 is 0. The number of hydrogen-bond acceptors (Lipinski definition) is 9. The Morgan fingerprint density at radius 3 is 1.76 bits per heavy atom. The Bertz CT molecular complexity index is 1210. The number of hydrogen-bond donors (Lipinski definition) is 2. The average Bonchev–Trinajstić information content (AvgIpc) is 2.75. The molecule has 1 saturated heterocycles. The van der Waals surface area contributed by atoms with E-state index < -0.39 is 111 Å². The van der Waals surface area contributed by atoms with E-state index in [-0.39, 0.29) is 5.57 Å². The number of rotatable bonds is 11. The maximum Gasteiger partial charge on any atom is 0.512 e. The highest BCUT2D eigenvalue weighted by Crippen LogP contribution is 2.51. The van der Waals surface area contributed by atoms with E-state index in [4.69, 9.17) is 5.11 Å². The van der Waals surface area contributed by atoms with Gasteiger partial charge >= 0.3 is 37.9 Å². The first kappa shape index (κ1) is 33.3. The summed E-state index contributed by atoms with van der Waals surface area (Å²) in [6.07, 6.45) is -0.945. The fourth-order valence-electron chi connectivity index (χ4n) is 2.58. The number of aliphatic hydroxyl groups is 1. The Labute approximate surface area is 203 Å². The number of ether oxygens (including phenoxy) is 1. The molecule has 0 bridgehead atoms. The molecule has 1 fully saturated rings. The van der Waals surface area contributed by atoms with Gasteiger partial charge in [0.1, 0.15) is 0 Å². The minimum absolute atomic E-state index is 0.379. The van der Waals surface area contributed by atoms with E-state index in [9.17, 15) is 69.6 Å². The van der Waals surface area contributed by atoms with E-state index >= 15 is 0 Å². The van der Waals surface area contributed by atoms with E-state index in [2.05, 4.69) is 11.3 Å². The predicted molar refractivity (Wildman–Crippen MR) is 102 cm³/mol. The third kappa shape index (κ3) is 6.15. The zero-order valence-corrected chi connectivity index (χ0v) is 20.3. The van der Waals surface area contributed by atoms with Crippen molar-refractivity contribution in [3.8, 4) is 0 Å². The van der Waals surface area contributed by atoms with Gasteiger partial charge in [-0.25, -0.2) is 30.0 Å². The second kappa shape index (κ2) is 10.5. The second-order valence-corrected chi connectivity index (χ2v) is 13.0. The van der Waals surface area contributed by atoms with Crippen LogP contribution in [0.5, 0.6) is 0 Å². The largest absolute Gasteiger partial charge is 0.512 e. The first-order valence-electron chi connectivity index (χ1n) is 9.23. The summed E-state index contributed by atoms with van der Waals surface area (Å²) in [5.74, 6) is -9.34. The average molecular weight is 624 g/mol. The van der Waals surface area contributed by atoms with Gasteiger partial charge in [0.15, 0.2) is 0 Å². The zero-order valence-electron chi connectivity index (χ0n) is 17.8. The molecule has 0 atom stereocenters. The Morgan fingerprint density at radius 1 is 0.892 bits per heavy atom. The van der Waals surface area contributed by atoms with Crippen LogP contribution in [-0.2, 0) is 39.6 Å². The van der Waals surface area contributed by atoms with Crippen LogP contribution >= 0.6 is 0 Å². The van der Waals surface area contributed by atoms with Gasteiger partial charge in [-0.3, -0.25) is 0 Å². The monoisotopic (exact) mass is 624 g/mol. The van der Waals surface area contributed by atoms with Gasteiger partial charge in [0.05, 0.1) is 18.8 Å². The number of sulfonamides is 3. The minimum atomic E-state index is -7.84. The summed E-state index contributed by atoms with van der Waals surface area (Å²) in [7, 11) is -22.0. The van der Waals surface area contributed by atoms with Gasteiger partial charge < -0.3 is 9.84 Å². The fraction of sp³-hybridized carbons (Fsp3) is 0.786. The normalized spacial score (nSPS) is 18.0. The van der Waals surface area contributed by atoms with Crippen molar-refractivity contribution in [2.75, 3.05) is 26.3 Å². The topological polar surface area (TPSA) is 164 Å². The number of halogens is 9. The van der Waals surface area contributed by atoms with Crippen molar-refractivity contribution in [2.45, 2.75) is 34.8 Å². The van der Waals surface area contributed by atoms with Crippen LogP contribution in [0.2, 0.25) is 0 Å². The number of nitrogens with one attached hydrogen (secondary N) is 1. The van der Waals surface area contributed by atoms with Crippen LogP contribution in [0.3, 0.4) is 0 Å². The Morgan fingerprint density at radius 2 is 1.35 bits per heavy atom. The summed E-state index contributed by atoms with van der Waals surface area (Å²) in [6, 6.07) is 0. The Hall–Kier alpha value is -1.69. The molecule has 1 aliphatic rings. The van der Waals surface area contributed by atoms with E-state index in [0.717, 1.165) is 0 Å². The van der Waals surface area contributed by atoms with Crippen molar-refractivity contribution in [1.29, 1.82) is 0 Å². The molecule has 1 heterocycles. The highest BCUT2D eigenvalue weighted by Gasteiger charge is 2.83. The molecule has 1 rings (SSSR count). The molecule has 0 radical (unpaired) electrons. The lowest BCUT2D eigenvalue weighted by atomic mass is 9.99. The fourth-order valence-corrected chi connectivity index (χ4v) is 6.53. The predicted octanol–water partition coefficient (Wildman–Crippen LogP) is 0.710.